The van der Waals surface area contributed by atoms with E-state index in [2.05, 4.69) is 35.0 Å². The number of anilines is 2. The molecule has 3 fully saturated rings. The Hall–Kier alpha value is -3.30. The molecule has 4 atom stereocenters. The van der Waals surface area contributed by atoms with Crippen molar-refractivity contribution < 1.29 is 14.3 Å². The molecule has 3 saturated heterocycles. The lowest BCUT2D eigenvalue weighted by atomic mass is 10.1. The van der Waals surface area contributed by atoms with Crippen LogP contribution in [0.4, 0.5) is 11.8 Å². The molecule has 3 aromatic rings. The molecule has 2 aromatic heterocycles. The number of hydrogen-bond acceptors (Lipinski definition) is 8. The van der Waals surface area contributed by atoms with Crippen LogP contribution < -0.4 is 15.1 Å². The second-order valence-corrected chi connectivity index (χ2v) is 10.2. The molecule has 0 radical (unpaired) electrons. The molecular weight excluding hydrogens is 456 g/mol. The second-order valence-electron chi connectivity index (χ2n) is 10.2. The van der Waals surface area contributed by atoms with Crippen LogP contribution in [0.15, 0.2) is 36.4 Å². The maximum Gasteiger partial charge on any atom is 0.251 e. The summed E-state index contributed by atoms with van der Waals surface area (Å²) >= 11 is 0. The highest BCUT2D eigenvalue weighted by atomic mass is 16.5. The van der Waals surface area contributed by atoms with E-state index in [4.69, 9.17) is 24.4 Å². The highest BCUT2D eigenvalue weighted by Gasteiger charge is 2.38. The average molecular weight is 489 g/mol. The molecule has 188 valence electrons. The van der Waals surface area contributed by atoms with Crippen molar-refractivity contribution in [3.8, 4) is 11.3 Å². The van der Waals surface area contributed by atoms with Crippen LogP contribution in [-0.2, 0) is 9.47 Å². The van der Waals surface area contributed by atoms with E-state index >= 15 is 0 Å². The van der Waals surface area contributed by atoms with Crippen LogP contribution in [0.1, 0.15) is 30.6 Å². The maximum atomic E-state index is 12.2. The largest absolute Gasteiger partial charge is 0.379 e. The van der Waals surface area contributed by atoms with Gasteiger partial charge in [-0.05, 0) is 44.5 Å². The van der Waals surface area contributed by atoms with E-state index in [9.17, 15) is 4.79 Å². The summed E-state index contributed by atoms with van der Waals surface area (Å²) in [6.07, 6.45) is 1.34. The molecule has 2 bridgehead atoms. The number of fused-ring (bicyclic) bond motifs is 3. The first kappa shape index (κ1) is 23.1. The summed E-state index contributed by atoms with van der Waals surface area (Å²) in [5.41, 5.74) is 2.91. The van der Waals surface area contributed by atoms with Gasteiger partial charge in [0.1, 0.15) is 5.82 Å². The molecule has 0 saturated carbocycles. The molecular formula is C27H32N6O3. The fourth-order valence-corrected chi connectivity index (χ4v) is 5.74. The molecule has 6 rings (SSSR count). The van der Waals surface area contributed by atoms with Crippen molar-refractivity contribution in [2.75, 3.05) is 49.7 Å². The van der Waals surface area contributed by atoms with Gasteiger partial charge in [-0.15, -0.1) is 0 Å². The molecule has 1 unspecified atom stereocenters. The summed E-state index contributed by atoms with van der Waals surface area (Å²) in [6, 6.07) is 11.9. The van der Waals surface area contributed by atoms with E-state index in [-0.39, 0.29) is 18.1 Å². The summed E-state index contributed by atoms with van der Waals surface area (Å²) in [5, 5.41) is 3.61. The van der Waals surface area contributed by atoms with Gasteiger partial charge in [0.15, 0.2) is 5.65 Å². The van der Waals surface area contributed by atoms with E-state index in [0.717, 1.165) is 55.1 Å². The summed E-state index contributed by atoms with van der Waals surface area (Å²) in [7, 11) is 1.63. The molecule has 3 aliphatic heterocycles. The van der Waals surface area contributed by atoms with Crippen molar-refractivity contribution in [3.05, 3.63) is 42.0 Å². The number of carbonyl (C=O) groups excluding carboxylic acids is 1. The molecule has 36 heavy (non-hydrogen) atoms. The van der Waals surface area contributed by atoms with Gasteiger partial charge in [-0.3, -0.25) is 4.79 Å². The van der Waals surface area contributed by atoms with Gasteiger partial charge >= 0.3 is 0 Å². The third-order valence-corrected chi connectivity index (χ3v) is 7.32. The zero-order chi connectivity index (χ0) is 24.8. The summed E-state index contributed by atoms with van der Waals surface area (Å²) in [4.78, 5) is 31.9. The van der Waals surface area contributed by atoms with Gasteiger partial charge in [0.25, 0.3) is 5.91 Å². The van der Waals surface area contributed by atoms with E-state index < -0.39 is 0 Å². The number of ether oxygens (including phenoxy) is 2. The number of carbonyl (C=O) groups is 1. The van der Waals surface area contributed by atoms with Gasteiger partial charge in [-0.25, -0.2) is 4.98 Å². The SMILES string of the molecule is CNC(=O)c1cccc(-c2ccc3c(N4C[C@@H](C)O[C@@H](C)C4)nc(N4CC5COC[C@H]4C5)nc3n2)c1. The first-order valence-electron chi connectivity index (χ1n) is 12.7. The minimum absolute atomic E-state index is 0.112. The van der Waals surface area contributed by atoms with Crippen molar-refractivity contribution in [2.24, 2.45) is 5.92 Å². The Morgan fingerprint density at radius 1 is 1.03 bits per heavy atom. The zero-order valence-corrected chi connectivity index (χ0v) is 21.0. The molecule has 9 nitrogen and oxygen atoms in total. The Morgan fingerprint density at radius 2 is 1.86 bits per heavy atom. The number of nitrogens with one attached hydrogen (secondary N) is 1. The summed E-state index contributed by atoms with van der Waals surface area (Å²) in [5.74, 6) is 2.01. The molecule has 1 aromatic carbocycles. The topological polar surface area (TPSA) is 92.7 Å². The van der Waals surface area contributed by atoms with E-state index in [0.29, 0.717) is 35.7 Å². The Morgan fingerprint density at radius 3 is 2.64 bits per heavy atom. The Bertz CT molecular complexity index is 1290. The van der Waals surface area contributed by atoms with Crippen LogP contribution in [0.5, 0.6) is 0 Å². The van der Waals surface area contributed by atoms with Crippen molar-refractivity contribution in [3.63, 3.8) is 0 Å². The minimum Gasteiger partial charge on any atom is -0.379 e. The van der Waals surface area contributed by atoms with Crippen molar-refractivity contribution in [1.82, 2.24) is 20.3 Å². The molecule has 3 aliphatic rings. The smallest absolute Gasteiger partial charge is 0.251 e. The quantitative estimate of drug-likeness (QED) is 0.599. The molecule has 1 N–H and O–H groups in total. The summed E-state index contributed by atoms with van der Waals surface area (Å²) in [6.45, 7) is 8.14. The normalized spacial score (nSPS) is 25.9. The Labute approximate surface area is 210 Å². The highest BCUT2D eigenvalue weighted by molar-refractivity contribution is 5.95. The number of hydrogen-bond donors (Lipinski definition) is 1. The maximum absolute atomic E-state index is 12.2. The van der Waals surface area contributed by atoms with Crippen LogP contribution in [0.3, 0.4) is 0 Å². The molecule has 5 heterocycles. The molecule has 1 amide bonds. The fourth-order valence-electron chi connectivity index (χ4n) is 5.74. The predicted molar refractivity (Wildman–Crippen MR) is 138 cm³/mol. The fraction of sp³-hybridized carbons (Fsp3) is 0.481. The monoisotopic (exact) mass is 488 g/mol. The van der Waals surface area contributed by atoms with Gasteiger partial charge in [0.2, 0.25) is 5.95 Å². The van der Waals surface area contributed by atoms with Gasteiger partial charge in [-0.1, -0.05) is 12.1 Å². The lowest BCUT2D eigenvalue weighted by molar-refractivity contribution is -0.00537. The Balaban J connectivity index is 1.46. The van der Waals surface area contributed by atoms with E-state index in [1.165, 1.54) is 0 Å². The van der Waals surface area contributed by atoms with Crippen LogP contribution in [0.2, 0.25) is 0 Å². The number of aromatic nitrogens is 3. The standard InChI is InChI=1S/C27H32N6O3/c1-16-11-32(12-17(2)36-16)25-22-7-8-23(19-5-4-6-20(10-19)26(34)28-3)29-24(22)30-27(31-25)33-13-18-9-21(33)15-35-14-18/h4-8,10,16-18,21H,9,11-15H2,1-3H3,(H,28,34)/t16-,17+,18?,21-/m1/s1. The second kappa shape index (κ2) is 9.29. The average Bonchev–Trinajstić information content (AvgIpc) is 3.19. The van der Waals surface area contributed by atoms with Crippen LogP contribution in [0.25, 0.3) is 22.3 Å². The van der Waals surface area contributed by atoms with Gasteiger partial charge in [0.05, 0.1) is 42.5 Å². The minimum atomic E-state index is -0.123. The number of morpholine rings is 1. The van der Waals surface area contributed by atoms with Crippen molar-refractivity contribution in [1.29, 1.82) is 0 Å². The highest BCUT2D eigenvalue weighted by Crippen LogP contribution is 2.35. The van der Waals surface area contributed by atoms with Crippen molar-refractivity contribution in [2.45, 2.75) is 38.5 Å². The van der Waals surface area contributed by atoms with E-state index in [1.54, 1.807) is 13.1 Å². The molecule has 0 spiro atoms. The van der Waals surface area contributed by atoms with Crippen LogP contribution in [0, 0.1) is 5.92 Å². The lowest BCUT2D eigenvalue weighted by Crippen LogP contribution is -2.46. The number of benzene rings is 1. The number of amides is 1. The van der Waals surface area contributed by atoms with Gasteiger partial charge in [0, 0.05) is 43.7 Å². The van der Waals surface area contributed by atoms with Gasteiger partial charge < -0.3 is 24.6 Å². The number of pyridine rings is 1. The molecule has 0 aliphatic carbocycles. The summed E-state index contributed by atoms with van der Waals surface area (Å²) < 4.78 is 11.8. The van der Waals surface area contributed by atoms with Gasteiger partial charge in [-0.2, -0.15) is 9.97 Å². The third-order valence-electron chi connectivity index (χ3n) is 7.32. The van der Waals surface area contributed by atoms with Crippen LogP contribution >= 0.6 is 0 Å². The third kappa shape index (κ3) is 4.26. The van der Waals surface area contributed by atoms with Crippen LogP contribution in [-0.4, -0.2) is 79.0 Å². The van der Waals surface area contributed by atoms with E-state index in [1.807, 2.05) is 24.3 Å². The number of rotatable bonds is 4. The lowest BCUT2D eigenvalue weighted by Gasteiger charge is -2.37. The first-order valence-corrected chi connectivity index (χ1v) is 12.7. The first-order chi connectivity index (χ1) is 17.5. The Kier molecular flexibility index (Phi) is 5.97. The number of nitrogens with zero attached hydrogens (tertiary/aromatic N) is 5. The predicted octanol–water partition coefficient (Wildman–Crippen LogP) is 2.89. The molecule has 9 heteroatoms. The van der Waals surface area contributed by atoms with Crippen molar-refractivity contribution >= 4 is 28.7 Å². The zero-order valence-electron chi connectivity index (χ0n) is 21.0.